The molecular formula is C18H22FN3O3. The van der Waals surface area contributed by atoms with Crippen molar-refractivity contribution in [2.45, 2.75) is 38.8 Å². The SMILES string of the molecule is CC(=O)N[C@H]1CCN(C(=O)c2[nH]c3ccc(F)cc3c2C)CC[C@@H]1O. The highest BCUT2D eigenvalue weighted by Gasteiger charge is 2.29. The fourth-order valence-electron chi connectivity index (χ4n) is 3.39. The third kappa shape index (κ3) is 3.51. The number of fused-ring (bicyclic) bond motifs is 1. The molecule has 0 bridgehead atoms. The number of nitrogens with zero attached hydrogens (tertiary/aromatic N) is 1. The van der Waals surface area contributed by atoms with Crippen molar-refractivity contribution in [2.24, 2.45) is 0 Å². The maximum atomic E-state index is 13.5. The summed E-state index contributed by atoms with van der Waals surface area (Å²) in [6.07, 6.45) is 0.199. The van der Waals surface area contributed by atoms with Crippen molar-refractivity contribution < 1.29 is 19.1 Å². The number of H-pyrrole nitrogens is 1. The van der Waals surface area contributed by atoms with E-state index < -0.39 is 6.10 Å². The number of aryl methyl sites for hydroxylation is 1. The molecule has 2 heterocycles. The first kappa shape index (κ1) is 17.4. The highest BCUT2D eigenvalue weighted by molar-refractivity contribution is 6.00. The van der Waals surface area contributed by atoms with Crippen LogP contribution >= 0.6 is 0 Å². The molecule has 1 aromatic carbocycles. The van der Waals surface area contributed by atoms with Gasteiger partial charge in [-0.3, -0.25) is 9.59 Å². The third-order valence-corrected chi connectivity index (χ3v) is 4.78. The number of rotatable bonds is 2. The average Bonchev–Trinajstić information content (AvgIpc) is 2.77. The van der Waals surface area contributed by atoms with E-state index in [-0.39, 0.29) is 23.7 Å². The number of nitrogens with one attached hydrogen (secondary N) is 2. The van der Waals surface area contributed by atoms with Gasteiger partial charge < -0.3 is 20.3 Å². The average molecular weight is 347 g/mol. The Labute approximate surface area is 145 Å². The topological polar surface area (TPSA) is 85.4 Å². The molecule has 1 fully saturated rings. The normalized spacial score (nSPS) is 21.2. The summed E-state index contributed by atoms with van der Waals surface area (Å²) in [5, 5.41) is 13.6. The number of aromatic nitrogens is 1. The van der Waals surface area contributed by atoms with Gasteiger partial charge in [-0.2, -0.15) is 0 Å². The van der Waals surface area contributed by atoms with Crippen LogP contribution in [0.25, 0.3) is 10.9 Å². The largest absolute Gasteiger partial charge is 0.391 e. The highest BCUT2D eigenvalue weighted by Crippen LogP contribution is 2.24. The summed E-state index contributed by atoms with van der Waals surface area (Å²) in [7, 11) is 0. The molecule has 134 valence electrons. The van der Waals surface area contributed by atoms with Crippen LogP contribution < -0.4 is 5.32 Å². The molecular weight excluding hydrogens is 325 g/mol. The van der Waals surface area contributed by atoms with E-state index in [1.807, 2.05) is 0 Å². The smallest absolute Gasteiger partial charge is 0.270 e. The molecule has 0 unspecified atom stereocenters. The van der Waals surface area contributed by atoms with Gasteiger partial charge in [0.25, 0.3) is 5.91 Å². The van der Waals surface area contributed by atoms with Gasteiger partial charge in [0.05, 0.1) is 12.1 Å². The van der Waals surface area contributed by atoms with E-state index in [2.05, 4.69) is 10.3 Å². The molecule has 2 aromatic rings. The van der Waals surface area contributed by atoms with Crippen LogP contribution in [-0.4, -0.2) is 52.0 Å². The first-order chi connectivity index (χ1) is 11.9. The van der Waals surface area contributed by atoms with E-state index in [1.165, 1.54) is 19.1 Å². The van der Waals surface area contributed by atoms with Crippen LogP contribution in [0.15, 0.2) is 18.2 Å². The zero-order valence-electron chi connectivity index (χ0n) is 14.3. The molecule has 3 N–H and O–H groups in total. The number of aromatic amines is 1. The maximum absolute atomic E-state index is 13.5. The van der Waals surface area contributed by atoms with Crippen molar-refractivity contribution in [3.8, 4) is 0 Å². The van der Waals surface area contributed by atoms with Crippen LogP contribution in [0.3, 0.4) is 0 Å². The molecule has 0 aliphatic carbocycles. The Morgan fingerprint density at radius 2 is 2.04 bits per heavy atom. The van der Waals surface area contributed by atoms with E-state index >= 15 is 0 Å². The zero-order valence-corrected chi connectivity index (χ0v) is 14.3. The molecule has 2 amide bonds. The Morgan fingerprint density at radius 1 is 1.32 bits per heavy atom. The number of carbonyl (C=O) groups is 2. The van der Waals surface area contributed by atoms with Crippen molar-refractivity contribution in [3.05, 3.63) is 35.3 Å². The van der Waals surface area contributed by atoms with Gasteiger partial charge in [-0.15, -0.1) is 0 Å². The highest BCUT2D eigenvalue weighted by atomic mass is 19.1. The van der Waals surface area contributed by atoms with Crippen LogP contribution in [0.4, 0.5) is 4.39 Å². The van der Waals surface area contributed by atoms with Crippen molar-refractivity contribution in [3.63, 3.8) is 0 Å². The lowest BCUT2D eigenvalue weighted by atomic mass is 10.1. The first-order valence-electron chi connectivity index (χ1n) is 8.39. The van der Waals surface area contributed by atoms with Crippen LogP contribution in [-0.2, 0) is 4.79 Å². The fraction of sp³-hybridized carbons (Fsp3) is 0.444. The molecule has 1 saturated heterocycles. The minimum absolute atomic E-state index is 0.176. The standard InChI is InChI=1S/C18H22FN3O3/c1-10-13-9-12(19)3-4-14(13)21-17(10)18(25)22-7-5-15(20-11(2)23)16(24)6-8-22/h3-4,9,15-16,21,24H,5-8H2,1-2H3,(H,20,23)/t15-,16-/m0/s1. The molecule has 0 saturated carbocycles. The molecule has 0 radical (unpaired) electrons. The summed E-state index contributed by atoms with van der Waals surface area (Å²) in [4.78, 5) is 28.9. The lowest BCUT2D eigenvalue weighted by Crippen LogP contribution is -2.42. The monoisotopic (exact) mass is 347 g/mol. The van der Waals surface area contributed by atoms with Gasteiger partial charge in [-0.05, 0) is 43.5 Å². The van der Waals surface area contributed by atoms with E-state index in [4.69, 9.17) is 0 Å². The lowest BCUT2D eigenvalue weighted by molar-refractivity contribution is -0.120. The van der Waals surface area contributed by atoms with Crippen LogP contribution in [0.2, 0.25) is 0 Å². The fourth-order valence-corrected chi connectivity index (χ4v) is 3.39. The molecule has 25 heavy (non-hydrogen) atoms. The van der Waals surface area contributed by atoms with Gasteiger partial charge >= 0.3 is 0 Å². The van der Waals surface area contributed by atoms with Crippen LogP contribution in [0, 0.1) is 12.7 Å². The summed E-state index contributed by atoms with van der Waals surface area (Å²) in [5.41, 5.74) is 1.86. The number of carbonyl (C=O) groups excluding carboxylic acids is 2. The molecule has 3 rings (SSSR count). The van der Waals surface area contributed by atoms with E-state index in [1.54, 1.807) is 17.9 Å². The summed E-state index contributed by atoms with van der Waals surface area (Å²) in [5.74, 6) is -0.716. The van der Waals surface area contributed by atoms with Crippen molar-refractivity contribution in [1.29, 1.82) is 0 Å². The number of benzene rings is 1. The van der Waals surface area contributed by atoms with Crippen molar-refractivity contribution in [1.82, 2.24) is 15.2 Å². The van der Waals surface area contributed by atoms with Crippen LogP contribution in [0.1, 0.15) is 35.8 Å². The molecule has 2 atom stereocenters. The Hall–Kier alpha value is -2.41. The summed E-state index contributed by atoms with van der Waals surface area (Å²) >= 11 is 0. The van der Waals surface area contributed by atoms with Gasteiger partial charge in [-0.1, -0.05) is 0 Å². The third-order valence-electron chi connectivity index (χ3n) is 4.78. The molecule has 1 aromatic heterocycles. The van der Waals surface area contributed by atoms with Gasteiger partial charge in [0.1, 0.15) is 11.5 Å². The lowest BCUT2D eigenvalue weighted by Gasteiger charge is -2.21. The van der Waals surface area contributed by atoms with Gasteiger partial charge in [-0.25, -0.2) is 4.39 Å². The Bertz CT molecular complexity index is 817. The summed E-state index contributed by atoms with van der Waals surface area (Å²) in [6, 6.07) is 4.03. The minimum atomic E-state index is -0.681. The zero-order chi connectivity index (χ0) is 18.1. The molecule has 1 aliphatic heterocycles. The first-order valence-corrected chi connectivity index (χ1v) is 8.39. The Kier molecular flexibility index (Phi) is 4.76. The number of aliphatic hydroxyl groups excluding tert-OH is 1. The molecule has 6 nitrogen and oxygen atoms in total. The Morgan fingerprint density at radius 3 is 2.76 bits per heavy atom. The van der Waals surface area contributed by atoms with Gasteiger partial charge in [0.15, 0.2) is 0 Å². The number of hydrogen-bond donors (Lipinski definition) is 3. The van der Waals surface area contributed by atoms with E-state index in [0.717, 1.165) is 0 Å². The molecule has 7 heteroatoms. The summed E-state index contributed by atoms with van der Waals surface area (Å²) in [6.45, 7) is 4.04. The quantitative estimate of drug-likeness (QED) is 0.773. The van der Waals surface area contributed by atoms with Crippen molar-refractivity contribution >= 4 is 22.7 Å². The van der Waals surface area contributed by atoms with Gasteiger partial charge in [0, 0.05) is 30.9 Å². The van der Waals surface area contributed by atoms with E-state index in [9.17, 15) is 19.1 Å². The molecule has 1 aliphatic rings. The number of likely N-dealkylation sites (tertiary alicyclic amines) is 1. The second-order valence-electron chi connectivity index (χ2n) is 6.56. The van der Waals surface area contributed by atoms with Crippen molar-refractivity contribution in [2.75, 3.05) is 13.1 Å². The summed E-state index contributed by atoms with van der Waals surface area (Å²) < 4.78 is 13.5. The maximum Gasteiger partial charge on any atom is 0.270 e. The minimum Gasteiger partial charge on any atom is -0.391 e. The number of hydrogen-bond acceptors (Lipinski definition) is 3. The van der Waals surface area contributed by atoms with E-state index in [0.29, 0.717) is 48.1 Å². The Balaban J connectivity index is 1.81. The second-order valence-corrected chi connectivity index (χ2v) is 6.56. The number of halogens is 1. The number of amides is 2. The number of aliphatic hydroxyl groups is 1. The predicted molar refractivity (Wildman–Crippen MR) is 91.7 cm³/mol. The molecule has 0 spiro atoms. The van der Waals surface area contributed by atoms with Gasteiger partial charge in [0.2, 0.25) is 5.91 Å². The second kappa shape index (κ2) is 6.84. The predicted octanol–water partition coefficient (Wildman–Crippen LogP) is 1.72. The van der Waals surface area contributed by atoms with Crippen LogP contribution in [0.5, 0.6) is 0 Å².